The lowest BCUT2D eigenvalue weighted by Crippen LogP contribution is -2.16. The second kappa shape index (κ2) is 13.0. The van der Waals surface area contributed by atoms with E-state index in [0.29, 0.717) is 0 Å². The number of rotatable bonds is 11. The van der Waals surface area contributed by atoms with Crippen LogP contribution < -0.4 is 5.35 Å². The second-order valence-electron chi connectivity index (χ2n) is 12.0. The summed E-state index contributed by atoms with van der Waals surface area (Å²) in [4.78, 5) is 0. The van der Waals surface area contributed by atoms with Crippen LogP contribution in [0.2, 0.25) is 0 Å². The van der Waals surface area contributed by atoms with E-state index in [-0.39, 0.29) is 0 Å². The van der Waals surface area contributed by atoms with Gasteiger partial charge in [0.25, 0.3) is 0 Å². The molecule has 1 aliphatic heterocycles. The van der Waals surface area contributed by atoms with Crippen LogP contribution in [0.4, 0.5) is 5.69 Å². The van der Waals surface area contributed by atoms with E-state index < -0.39 is 0 Å². The Hall–Kier alpha value is -4.95. The van der Waals surface area contributed by atoms with Gasteiger partial charge in [0.2, 0.25) is 11.4 Å². The molecule has 5 aromatic carbocycles. The number of hydrogen-bond donors (Lipinski definition) is 0. The highest BCUT2D eigenvalue weighted by Gasteiger charge is 2.29. The highest BCUT2D eigenvalue weighted by Crippen LogP contribution is 2.35. The van der Waals surface area contributed by atoms with Crippen LogP contribution in [0.5, 0.6) is 0 Å². The van der Waals surface area contributed by atoms with Gasteiger partial charge in [0.1, 0.15) is 6.54 Å². The minimum absolute atomic E-state index is 1.02. The first-order valence-corrected chi connectivity index (χ1v) is 16.6. The summed E-state index contributed by atoms with van der Waals surface area (Å²) >= 11 is 0. The molecule has 0 saturated carbocycles. The third kappa shape index (κ3) is 5.46. The zero-order valence-electron chi connectivity index (χ0n) is 26.4. The van der Waals surface area contributed by atoms with Gasteiger partial charge in [-0.2, -0.15) is 4.58 Å². The summed E-state index contributed by atoms with van der Waals surface area (Å²) in [6, 6.07) is 37.5. The standard InChI is InChI=1S/C43H41N2/c1-3-5-30-44-38(36-24-10-20-34-22-14-28-40(44)42(34)36)26-12-18-33(32-16-8-7-9-17-32)19-13-27-39-37-25-11-21-35-23-15-29-41(43(35)37)45(39)31-6-4-2/h7-29H,3-6,30-31H2,1-2H3/q+1. The van der Waals surface area contributed by atoms with Crippen molar-refractivity contribution in [1.29, 1.82) is 0 Å². The van der Waals surface area contributed by atoms with Crippen LogP contribution in [0.15, 0.2) is 134 Å². The molecule has 0 saturated heterocycles. The van der Waals surface area contributed by atoms with E-state index >= 15 is 0 Å². The molecule has 0 fully saturated rings. The number of unbranched alkanes of at least 4 members (excludes halogenated alkanes) is 2. The molecule has 2 nitrogen and oxygen atoms in total. The summed E-state index contributed by atoms with van der Waals surface area (Å²) in [7, 11) is 0. The monoisotopic (exact) mass is 585 g/mol. The zero-order chi connectivity index (χ0) is 30.6. The van der Waals surface area contributed by atoms with Crippen molar-refractivity contribution in [3.05, 3.63) is 150 Å². The summed E-state index contributed by atoms with van der Waals surface area (Å²) in [6.45, 7) is 6.58. The van der Waals surface area contributed by atoms with Crippen LogP contribution in [-0.4, -0.2) is 21.4 Å². The van der Waals surface area contributed by atoms with E-state index in [2.05, 4.69) is 163 Å². The molecule has 0 aliphatic carbocycles. The number of allylic oxidation sites excluding steroid dienone is 6. The van der Waals surface area contributed by atoms with Gasteiger partial charge < -0.3 is 4.57 Å². The molecule has 7 rings (SSSR count). The molecule has 2 heteroatoms. The van der Waals surface area contributed by atoms with E-state index in [9.17, 15) is 0 Å². The molecule has 0 unspecified atom stereocenters. The summed E-state index contributed by atoms with van der Waals surface area (Å²) in [5.74, 6) is 0. The largest absolute Gasteiger partial charge is 0.340 e. The van der Waals surface area contributed by atoms with Gasteiger partial charge >= 0.3 is 0 Å². The molecule has 0 amide bonds. The highest BCUT2D eigenvalue weighted by molar-refractivity contribution is 6.19. The van der Waals surface area contributed by atoms with Crippen molar-refractivity contribution in [2.24, 2.45) is 0 Å². The first kappa shape index (κ1) is 28.8. The number of nitrogens with zero attached hydrogens (tertiary/aromatic N) is 2. The van der Waals surface area contributed by atoms with Gasteiger partial charge in [0.05, 0.1) is 10.9 Å². The average Bonchev–Trinajstić information content (AvgIpc) is 3.56. The Morgan fingerprint density at radius 3 is 2.24 bits per heavy atom. The Morgan fingerprint density at radius 1 is 0.711 bits per heavy atom. The number of aromatic nitrogens is 1. The molecule has 45 heavy (non-hydrogen) atoms. The van der Waals surface area contributed by atoms with Crippen LogP contribution in [-0.2, 0) is 6.54 Å². The third-order valence-corrected chi connectivity index (χ3v) is 9.12. The fraction of sp³-hybridized carbons (Fsp3) is 0.186. The van der Waals surface area contributed by atoms with E-state index in [1.54, 1.807) is 0 Å². The molecule has 0 atom stereocenters. The van der Waals surface area contributed by atoms with Gasteiger partial charge in [-0.05, 0) is 46.5 Å². The highest BCUT2D eigenvalue weighted by atomic mass is 15.0. The molecule has 0 radical (unpaired) electrons. The van der Waals surface area contributed by atoms with Crippen LogP contribution in [0.3, 0.4) is 0 Å². The Balaban J connectivity index is 1.30. The molecule has 0 spiro atoms. The van der Waals surface area contributed by atoms with Gasteiger partial charge in [-0.1, -0.05) is 136 Å². The Morgan fingerprint density at radius 2 is 1.44 bits per heavy atom. The number of hydrogen-bond acceptors (Lipinski definition) is 0. The minimum atomic E-state index is 1.02. The first-order chi connectivity index (χ1) is 22.3. The molecular formula is C43H41N2+. The quantitative estimate of drug-likeness (QED) is 0.106. The molecule has 2 heterocycles. The fourth-order valence-electron chi connectivity index (χ4n) is 6.91. The van der Waals surface area contributed by atoms with Gasteiger partial charge in [-0.15, -0.1) is 0 Å². The maximum atomic E-state index is 2.51. The SMILES string of the molecule is CCCCn1/c(=C/C=C/C(=C/C=C/C2=[N+](CCCC)c3cccc4cccc2c34)c2ccccc2)c2cccc3cccc1c32. The summed E-state index contributed by atoms with van der Waals surface area (Å²) < 4.78 is 5.02. The van der Waals surface area contributed by atoms with Gasteiger partial charge in [-0.25, -0.2) is 0 Å². The first-order valence-electron chi connectivity index (χ1n) is 16.6. The van der Waals surface area contributed by atoms with Crippen LogP contribution >= 0.6 is 0 Å². The van der Waals surface area contributed by atoms with E-state index in [1.807, 2.05) is 0 Å². The lowest BCUT2D eigenvalue weighted by Gasteiger charge is -2.05. The summed E-state index contributed by atoms with van der Waals surface area (Å²) in [5, 5.41) is 7.97. The molecule has 6 aromatic rings. The van der Waals surface area contributed by atoms with Crippen molar-refractivity contribution < 1.29 is 4.58 Å². The molecule has 1 aromatic heterocycles. The van der Waals surface area contributed by atoms with Crippen molar-refractivity contribution >= 4 is 55.5 Å². The lowest BCUT2D eigenvalue weighted by molar-refractivity contribution is -0.436. The van der Waals surface area contributed by atoms with Crippen molar-refractivity contribution in [3.8, 4) is 0 Å². The Bertz CT molecular complexity index is 2160. The van der Waals surface area contributed by atoms with Crippen molar-refractivity contribution in [2.75, 3.05) is 6.54 Å². The predicted molar refractivity (Wildman–Crippen MR) is 194 cm³/mol. The van der Waals surface area contributed by atoms with Crippen LogP contribution in [0.1, 0.15) is 50.7 Å². The third-order valence-electron chi connectivity index (χ3n) is 9.12. The molecule has 0 bridgehead atoms. The Kier molecular flexibility index (Phi) is 8.29. The maximum absolute atomic E-state index is 2.51. The topological polar surface area (TPSA) is 7.94 Å². The van der Waals surface area contributed by atoms with Gasteiger partial charge in [0.15, 0.2) is 0 Å². The smallest absolute Gasteiger partial charge is 0.214 e. The molecule has 1 aliphatic rings. The number of benzene rings is 5. The maximum Gasteiger partial charge on any atom is 0.214 e. The van der Waals surface area contributed by atoms with E-state index in [4.69, 9.17) is 0 Å². The normalized spacial score (nSPS) is 14.1. The van der Waals surface area contributed by atoms with Crippen LogP contribution in [0.25, 0.3) is 44.1 Å². The lowest BCUT2D eigenvalue weighted by atomic mass is 10.0. The second-order valence-corrected chi connectivity index (χ2v) is 12.0. The van der Waals surface area contributed by atoms with Crippen molar-refractivity contribution in [1.82, 2.24) is 4.57 Å². The Labute approximate surface area is 266 Å². The summed E-state index contributed by atoms with van der Waals surface area (Å²) in [5.41, 5.74) is 7.67. The van der Waals surface area contributed by atoms with Crippen LogP contribution in [0, 0.1) is 0 Å². The zero-order valence-corrected chi connectivity index (χ0v) is 26.4. The fourth-order valence-corrected chi connectivity index (χ4v) is 6.91. The van der Waals surface area contributed by atoms with Gasteiger partial charge in [-0.3, -0.25) is 0 Å². The summed E-state index contributed by atoms with van der Waals surface area (Å²) in [6.07, 6.45) is 18.3. The minimum Gasteiger partial charge on any atom is -0.340 e. The van der Waals surface area contributed by atoms with Crippen molar-refractivity contribution in [3.63, 3.8) is 0 Å². The number of aryl methyl sites for hydroxylation is 1. The molecule has 0 N–H and O–H groups in total. The van der Waals surface area contributed by atoms with Gasteiger partial charge in [0, 0.05) is 46.7 Å². The predicted octanol–water partition coefficient (Wildman–Crippen LogP) is 10.4. The molecule has 222 valence electrons. The van der Waals surface area contributed by atoms with Crippen molar-refractivity contribution in [2.45, 2.75) is 46.1 Å². The van der Waals surface area contributed by atoms with E-state index in [1.165, 1.54) is 78.7 Å². The molecular weight excluding hydrogens is 544 g/mol. The van der Waals surface area contributed by atoms with E-state index in [0.717, 1.165) is 25.9 Å². The average molecular weight is 586 g/mol.